The van der Waals surface area contributed by atoms with Gasteiger partial charge in [0.1, 0.15) is 11.3 Å². The minimum Gasteiger partial charge on any atom is -0.423 e. The van der Waals surface area contributed by atoms with E-state index < -0.39 is 21.6 Å². The first-order valence-corrected chi connectivity index (χ1v) is 10.4. The van der Waals surface area contributed by atoms with Gasteiger partial charge in [0.2, 0.25) is 10.0 Å². The Morgan fingerprint density at radius 2 is 1.79 bits per heavy atom. The van der Waals surface area contributed by atoms with E-state index >= 15 is 0 Å². The summed E-state index contributed by atoms with van der Waals surface area (Å²) in [7, 11) is -0.854. The smallest absolute Gasteiger partial charge is 0.343 e. The standard InChI is InChI=1S/C21H21NO6S/c1-13(2)18-12-20(23)28-19-11-15(8-9-17(18)19)27-21(24)14-6-5-7-16(10-14)29(25,26)22(3)4/h5-13H,1-4H3. The average Bonchev–Trinajstić information content (AvgIpc) is 2.66. The lowest BCUT2D eigenvalue weighted by Crippen LogP contribution is -2.22. The molecule has 8 heteroatoms. The van der Waals surface area contributed by atoms with Gasteiger partial charge in [-0.25, -0.2) is 22.3 Å². The van der Waals surface area contributed by atoms with Gasteiger partial charge < -0.3 is 9.15 Å². The summed E-state index contributed by atoms with van der Waals surface area (Å²) in [4.78, 5) is 24.3. The molecule has 0 saturated carbocycles. The summed E-state index contributed by atoms with van der Waals surface area (Å²) in [5, 5.41) is 0.762. The number of rotatable bonds is 5. The molecule has 3 rings (SSSR count). The number of carbonyl (C=O) groups excluding carboxylic acids is 1. The Morgan fingerprint density at radius 3 is 2.45 bits per heavy atom. The Balaban J connectivity index is 1.94. The summed E-state index contributed by atoms with van der Waals surface area (Å²) in [6.07, 6.45) is 0. The predicted molar refractivity (Wildman–Crippen MR) is 109 cm³/mol. The van der Waals surface area contributed by atoms with Gasteiger partial charge in [-0.05, 0) is 41.8 Å². The third kappa shape index (κ3) is 4.23. The minimum absolute atomic E-state index is 0.0111. The van der Waals surface area contributed by atoms with Crippen molar-refractivity contribution in [3.63, 3.8) is 0 Å². The van der Waals surface area contributed by atoms with Crippen molar-refractivity contribution in [2.45, 2.75) is 24.7 Å². The highest BCUT2D eigenvalue weighted by Crippen LogP contribution is 2.27. The zero-order valence-electron chi connectivity index (χ0n) is 16.5. The van der Waals surface area contributed by atoms with Gasteiger partial charge in [-0.1, -0.05) is 19.9 Å². The van der Waals surface area contributed by atoms with Crippen LogP contribution in [0.3, 0.4) is 0 Å². The lowest BCUT2D eigenvalue weighted by Gasteiger charge is -2.12. The lowest BCUT2D eigenvalue weighted by atomic mass is 10.00. The van der Waals surface area contributed by atoms with E-state index in [9.17, 15) is 18.0 Å². The van der Waals surface area contributed by atoms with Gasteiger partial charge in [-0.15, -0.1) is 0 Å². The van der Waals surface area contributed by atoms with E-state index in [4.69, 9.17) is 9.15 Å². The fourth-order valence-electron chi connectivity index (χ4n) is 2.87. The van der Waals surface area contributed by atoms with Crippen molar-refractivity contribution >= 4 is 27.0 Å². The number of sulfonamides is 1. The van der Waals surface area contributed by atoms with Gasteiger partial charge in [0, 0.05) is 31.6 Å². The first-order chi connectivity index (χ1) is 13.6. The SMILES string of the molecule is CC(C)c1cc(=O)oc2cc(OC(=O)c3cccc(S(=O)(=O)N(C)C)c3)ccc12. The fraction of sp³-hybridized carbons (Fsp3) is 0.238. The monoisotopic (exact) mass is 415 g/mol. The third-order valence-electron chi connectivity index (χ3n) is 4.43. The molecule has 0 saturated heterocycles. The minimum atomic E-state index is -3.68. The van der Waals surface area contributed by atoms with Crippen LogP contribution >= 0.6 is 0 Å². The predicted octanol–water partition coefficient (Wildman–Crippen LogP) is 3.39. The van der Waals surface area contributed by atoms with E-state index in [1.807, 2.05) is 13.8 Å². The molecule has 2 aromatic carbocycles. The summed E-state index contributed by atoms with van der Waals surface area (Å²) in [5.41, 5.74) is 0.767. The van der Waals surface area contributed by atoms with Gasteiger partial charge >= 0.3 is 11.6 Å². The molecule has 0 unspecified atom stereocenters. The first kappa shape index (κ1) is 20.8. The van der Waals surface area contributed by atoms with Crippen LogP contribution in [-0.2, 0) is 10.0 Å². The molecule has 1 aromatic heterocycles. The summed E-state index contributed by atoms with van der Waals surface area (Å²) >= 11 is 0. The van der Waals surface area contributed by atoms with E-state index in [1.165, 1.54) is 50.5 Å². The van der Waals surface area contributed by atoms with Gasteiger partial charge in [-0.2, -0.15) is 0 Å². The second kappa shape index (κ2) is 7.81. The Bertz CT molecular complexity index is 1240. The molecule has 0 amide bonds. The van der Waals surface area contributed by atoms with Crippen molar-refractivity contribution in [1.82, 2.24) is 4.31 Å². The van der Waals surface area contributed by atoms with E-state index in [2.05, 4.69) is 0 Å². The molecule has 0 radical (unpaired) electrons. The van der Waals surface area contributed by atoms with Crippen molar-refractivity contribution in [1.29, 1.82) is 0 Å². The van der Waals surface area contributed by atoms with E-state index in [1.54, 1.807) is 12.1 Å². The molecule has 0 fully saturated rings. The van der Waals surface area contributed by atoms with E-state index in [0.717, 1.165) is 15.3 Å². The van der Waals surface area contributed by atoms with Gasteiger partial charge in [0.05, 0.1) is 10.5 Å². The van der Waals surface area contributed by atoms with Crippen molar-refractivity contribution in [2.24, 2.45) is 0 Å². The maximum Gasteiger partial charge on any atom is 0.343 e. The molecule has 0 aliphatic carbocycles. The zero-order valence-corrected chi connectivity index (χ0v) is 17.3. The highest BCUT2D eigenvalue weighted by molar-refractivity contribution is 7.89. The second-order valence-corrected chi connectivity index (χ2v) is 9.19. The number of esters is 1. The number of carbonyl (C=O) groups is 1. The summed E-state index contributed by atoms with van der Waals surface area (Å²) in [6, 6.07) is 11.9. The van der Waals surface area contributed by atoms with Gasteiger partial charge in [0.25, 0.3) is 0 Å². The van der Waals surface area contributed by atoms with E-state index in [-0.39, 0.29) is 22.1 Å². The molecule has 3 aromatic rings. The van der Waals surface area contributed by atoms with Crippen LogP contribution in [0.2, 0.25) is 0 Å². The van der Waals surface area contributed by atoms with Crippen LogP contribution in [-0.4, -0.2) is 32.8 Å². The van der Waals surface area contributed by atoms with Crippen LogP contribution in [0.25, 0.3) is 11.0 Å². The van der Waals surface area contributed by atoms with Crippen molar-refractivity contribution < 1.29 is 22.4 Å². The highest BCUT2D eigenvalue weighted by atomic mass is 32.2. The quantitative estimate of drug-likeness (QED) is 0.360. The first-order valence-electron chi connectivity index (χ1n) is 8.92. The Morgan fingerprint density at radius 1 is 1.07 bits per heavy atom. The molecule has 152 valence electrons. The van der Waals surface area contributed by atoms with Gasteiger partial charge in [-0.3, -0.25) is 0 Å². The zero-order chi connectivity index (χ0) is 21.3. The third-order valence-corrected chi connectivity index (χ3v) is 6.24. The molecule has 0 N–H and O–H groups in total. The van der Waals surface area contributed by atoms with Crippen molar-refractivity contribution in [2.75, 3.05) is 14.1 Å². The van der Waals surface area contributed by atoms with Crippen LogP contribution < -0.4 is 10.4 Å². The van der Waals surface area contributed by atoms with Crippen LogP contribution in [0, 0.1) is 0 Å². The molecule has 0 atom stereocenters. The van der Waals surface area contributed by atoms with Crippen molar-refractivity contribution in [3.8, 4) is 5.75 Å². The Labute approximate surface area is 168 Å². The van der Waals surface area contributed by atoms with Crippen LogP contribution in [0.1, 0.15) is 35.7 Å². The molecular formula is C21H21NO6S. The largest absolute Gasteiger partial charge is 0.423 e. The summed E-state index contributed by atoms with van der Waals surface area (Å²) in [5.74, 6) is -0.411. The molecule has 0 aliphatic rings. The normalized spacial score (nSPS) is 11.9. The van der Waals surface area contributed by atoms with Crippen LogP contribution in [0.15, 0.2) is 62.6 Å². The maximum atomic E-state index is 12.5. The van der Waals surface area contributed by atoms with Crippen LogP contribution in [0.4, 0.5) is 0 Å². The molecule has 1 heterocycles. The number of ether oxygens (including phenoxy) is 1. The molecule has 0 bridgehead atoms. The van der Waals surface area contributed by atoms with Gasteiger partial charge in [0.15, 0.2) is 0 Å². The topological polar surface area (TPSA) is 93.9 Å². The maximum absolute atomic E-state index is 12.5. The number of fused-ring (bicyclic) bond motifs is 1. The number of benzene rings is 2. The number of hydrogen-bond acceptors (Lipinski definition) is 6. The average molecular weight is 415 g/mol. The molecular weight excluding hydrogens is 394 g/mol. The highest BCUT2D eigenvalue weighted by Gasteiger charge is 2.20. The molecule has 0 aliphatic heterocycles. The molecule has 0 spiro atoms. The number of nitrogens with zero attached hydrogens (tertiary/aromatic N) is 1. The lowest BCUT2D eigenvalue weighted by molar-refractivity contribution is 0.0734. The second-order valence-electron chi connectivity index (χ2n) is 7.04. The van der Waals surface area contributed by atoms with Crippen molar-refractivity contribution in [3.05, 3.63) is 70.1 Å². The Kier molecular flexibility index (Phi) is 5.59. The summed E-state index contributed by atoms with van der Waals surface area (Å²) in [6.45, 7) is 3.94. The number of hydrogen-bond donors (Lipinski definition) is 0. The summed E-state index contributed by atoms with van der Waals surface area (Å²) < 4.78 is 36.2. The Hall–Kier alpha value is -2.97. The fourth-order valence-corrected chi connectivity index (χ4v) is 3.82. The van der Waals surface area contributed by atoms with Crippen LogP contribution in [0.5, 0.6) is 5.75 Å². The van der Waals surface area contributed by atoms with E-state index in [0.29, 0.717) is 5.58 Å². The molecule has 29 heavy (non-hydrogen) atoms. The molecule has 7 nitrogen and oxygen atoms in total.